The van der Waals surface area contributed by atoms with Crippen LogP contribution in [0.3, 0.4) is 0 Å². The number of rotatable bonds is 9. The fourth-order valence-electron chi connectivity index (χ4n) is 12.1. The van der Waals surface area contributed by atoms with Crippen LogP contribution in [0.5, 0.6) is 0 Å². The van der Waals surface area contributed by atoms with Gasteiger partial charge in [0, 0.05) is 27.2 Å². The highest BCUT2D eigenvalue weighted by molar-refractivity contribution is 7.20. The van der Waals surface area contributed by atoms with Crippen LogP contribution in [0.1, 0.15) is 43.6 Å². The van der Waals surface area contributed by atoms with E-state index < -0.39 is 8.07 Å². The first-order valence-electron chi connectivity index (χ1n) is 24.8. The predicted octanol–water partition coefficient (Wildman–Crippen LogP) is 14.6. The highest BCUT2D eigenvalue weighted by Gasteiger charge is 2.42. The third kappa shape index (κ3) is 6.91. The second-order valence-electron chi connectivity index (χ2n) is 19.1. The number of hydrogen-bond donors (Lipinski definition) is 0. The highest BCUT2D eigenvalue weighted by atomic mass is 28.3. The lowest BCUT2D eigenvalue weighted by molar-refractivity contribution is 0.444. The van der Waals surface area contributed by atoms with Crippen LogP contribution < -0.4 is 20.7 Å². The van der Waals surface area contributed by atoms with E-state index >= 15 is 0 Å². The van der Waals surface area contributed by atoms with Gasteiger partial charge in [0.2, 0.25) is 0 Å². The average molecular weight is 901 g/mol. The van der Waals surface area contributed by atoms with E-state index in [0.717, 1.165) is 5.69 Å². The zero-order chi connectivity index (χ0) is 45.7. The Hall–Kier alpha value is -7.98. The first-order chi connectivity index (χ1) is 34.2. The normalized spacial score (nSPS) is 13.4. The smallest absolute Gasteiger partial charge is 0.179 e. The predicted molar refractivity (Wildman–Crippen MR) is 295 cm³/mol. The molecule has 69 heavy (non-hydrogen) atoms. The van der Waals surface area contributed by atoms with E-state index in [1.165, 1.54) is 130 Å². The molecule has 2 nitrogen and oxygen atoms in total. The summed E-state index contributed by atoms with van der Waals surface area (Å²) in [6, 6.07) is 93.8. The quantitative estimate of drug-likeness (QED) is 0.101. The van der Waals surface area contributed by atoms with Gasteiger partial charge in [-0.25, -0.2) is 0 Å². The van der Waals surface area contributed by atoms with Gasteiger partial charge in [0.15, 0.2) is 8.07 Å². The van der Waals surface area contributed by atoms with Gasteiger partial charge in [-0.1, -0.05) is 219 Å². The van der Waals surface area contributed by atoms with Gasteiger partial charge in [0.25, 0.3) is 0 Å². The molecule has 0 atom stereocenters. The Labute approximate surface area is 405 Å². The van der Waals surface area contributed by atoms with E-state index in [-0.39, 0.29) is 0 Å². The summed E-state index contributed by atoms with van der Waals surface area (Å²) < 4.78 is 5.10. The van der Waals surface area contributed by atoms with Gasteiger partial charge in [0.05, 0.1) is 27.8 Å². The van der Waals surface area contributed by atoms with Crippen LogP contribution in [0.15, 0.2) is 249 Å². The van der Waals surface area contributed by atoms with Crippen LogP contribution in [0.2, 0.25) is 0 Å². The zero-order valence-corrected chi connectivity index (χ0v) is 39.7. The van der Waals surface area contributed by atoms with Crippen LogP contribution in [-0.2, 0) is 0 Å². The molecule has 0 unspecified atom stereocenters. The zero-order valence-electron chi connectivity index (χ0n) is 38.7. The molecule has 0 amide bonds. The van der Waals surface area contributed by atoms with Crippen molar-refractivity contribution in [1.29, 1.82) is 0 Å². The Kier molecular flexibility index (Phi) is 10.3. The molecule has 0 saturated heterocycles. The summed E-state index contributed by atoms with van der Waals surface area (Å²) in [5.74, 6) is 0.618. The van der Waals surface area contributed by atoms with Crippen molar-refractivity contribution in [2.45, 2.75) is 38.0 Å². The molecule has 0 N–H and O–H groups in total. The maximum absolute atomic E-state index is 3.06. The van der Waals surface area contributed by atoms with Crippen molar-refractivity contribution in [3.8, 4) is 33.6 Å². The van der Waals surface area contributed by atoms with Crippen LogP contribution in [0, 0.1) is 0 Å². The van der Waals surface area contributed by atoms with Gasteiger partial charge in [-0.3, -0.25) is 0 Å². The summed E-state index contributed by atoms with van der Waals surface area (Å²) in [7, 11) is -3.06. The molecule has 10 aromatic carbocycles. The molecule has 0 bridgehead atoms. The minimum Gasteiger partial charge on any atom is -0.309 e. The lowest BCUT2D eigenvalue weighted by atomic mass is 9.84. The minimum atomic E-state index is -3.06. The van der Waals surface area contributed by atoms with E-state index in [9.17, 15) is 0 Å². The van der Waals surface area contributed by atoms with Gasteiger partial charge in [-0.15, -0.1) is 0 Å². The van der Waals surface area contributed by atoms with E-state index in [1.54, 1.807) is 0 Å². The summed E-state index contributed by atoms with van der Waals surface area (Å²) in [6.45, 7) is 0. The third-order valence-corrected chi connectivity index (χ3v) is 20.0. The largest absolute Gasteiger partial charge is 0.309 e. The van der Waals surface area contributed by atoms with Crippen molar-refractivity contribution in [3.63, 3.8) is 0 Å². The number of nitrogens with zero attached hydrogens (tertiary/aromatic N) is 2. The first-order valence-corrected chi connectivity index (χ1v) is 26.8. The van der Waals surface area contributed by atoms with Crippen molar-refractivity contribution in [2.75, 3.05) is 0 Å². The molecular formula is C66H52N2Si. The van der Waals surface area contributed by atoms with Crippen molar-refractivity contribution in [3.05, 3.63) is 254 Å². The van der Waals surface area contributed by atoms with Crippen LogP contribution in [0.4, 0.5) is 0 Å². The molecule has 330 valence electrons. The number of hydrogen-bond acceptors (Lipinski definition) is 0. The molecule has 12 aromatic rings. The number of benzene rings is 10. The van der Waals surface area contributed by atoms with E-state index in [1.807, 2.05) is 0 Å². The molecule has 1 aliphatic carbocycles. The van der Waals surface area contributed by atoms with Crippen molar-refractivity contribution in [1.82, 2.24) is 9.13 Å². The Morgan fingerprint density at radius 2 is 0.841 bits per heavy atom. The first kappa shape index (κ1) is 41.2. The second-order valence-corrected chi connectivity index (χ2v) is 22.9. The Morgan fingerprint density at radius 1 is 0.319 bits per heavy atom. The van der Waals surface area contributed by atoms with Gasteiger partial charge in [0.1, 0.15) is 0 Å². The summed E-state index contributed by atoms with van der Waals surface area (Å²) in [4.78, 5) is 0. The summed E-state index contributed by atoms with van der Waals surface area (Å²) >= 11 is 0. The van der Waals surface area contributed by atoms with Gasteiger partial charge >= 0.3 is 0 Å². The van der Waals surface area contributed by atoms with Crippen molar-refractivity contribution in [2.24, 2.45) is 0 Å². The summed E-state index contributed by atoms with van der Waals surface area (Å²) in [6.07, 6.45) is 6.55. The third-order valence-electron chi connectivity index (χ3n) is 15.2. The molecule has 0 spiro atoms. The molecule has 3 heteroatoms. The van der Waals surface area contributed by atoms with Gasteiger partial charge < -0.3 is 9.13 Å². The highest BCUT2D eigenvalue weighted by Crippen LogP contribution is 2.42. The Balaban J connectivity index is 1.08. The molecule has 1 saturated carbocycles. The molecule has 13 rings (SSSR count). The van der Waals surface area contributed by atoms with E-state index in [2.05, 4.69) is 258 Å². The van der Waals surface area contributed by atoms with Crippen molar-refractivity contribution >= 4 is 72.4 Å². The standard InChI is InChI=1S/C66H52N2Si/c1-6-22-47(23-7-1)50-40-41-59-58-34-16-18-36-61(58)68(65(59)45-50)64-39-21-38-63-66(64)60-35-17-19-37-62(60)67(63)53-28-20-33-56(46-53)69(54-29-12-4-13-30-54,55-31-14-5-15-32-55)57-43-51(48-24-8-2-9-25-48)42-52(44-57)49-26-10-3-11-27-49/h2-5,8-21,24-47H,1,6-7,22-23H2. The van der Waals surface area contributed by atoms with Crippen molar-refractivity contribution < 1.29 is 0 Å². The molecule has 2 heterocycles. The lowest BCUT2D eigenvalue weighted by Gasteiger charge is -2.35. The summed E-state index contributed by atoms with van der Waals surface area (Å²) in [5, 5.41) is 10.5. The van der Waals surface area contributed by atoms with Gasteiger partial charge in [-0.05, 0) is 116 Å². The molecular weight excluding hydrogens is 849 g/mol. The number of fused-ring (bicyclic) bond motifs is 6. The van der Waals surface area contributed by atoms with Gasteiger partial charge in [-0.2, -0.15) is 0 Å². The topological polar surface area (TPSA) is 9.86 Å². The van der Waals surface area contributed by atoms with E-state index in [0.29, 0.717) is 5.92 Å². The fourth-order valence-corrected chi connectivity index (χ4v) is 16.9. The maximum atomic E-state index is 2.57. The average Bonchev–Trinajstić information content (AvgIpc) is 3.95. The fraction of sp³-hybridized carbons (Fsp3) is 0.0909. The molecule has 0 aliphatic heterocycles. The van der Waals surface area contributed by atoms with Crippen LogP contribution in [0.25, 0.3) is 77.2 Å². The lowest BCUT2D eigenvalue weighted by Crippen LogP contribution is -2.74. The Morgan fingerprint density at radius 3 is 1.49 bits per heavy atom. The van der Waals surface area contributed by atoms with E-state index in [4.69, 9.17) is 0 Å². The molecule has 2 aromatic heterocycles. The number of aromatic nitrogens is 2. The Bertz CT molecular complexity index is 3710. The maximum Gasteiger partial charge on any atom is 0.179 e. The monoisotopic (exact) mass is 900 g/mol. The summed E-state index contributed by atoms with van der Waals surface area (Å²) in [5.41, 5.74) is 13.6. The van der Waals surface area contributed by atoms with Crippen LogP contribution >= 0.6 is 0 Å². The molecule has 1 aliphatic rings. The molecule has 0 radical (unpaired) electrons. The molecule has 1 fully saturated rings. The SMILES string of the molecule is c1ccc(-c2cc(-c3ccccc3)cc([Si](c3ccccc3)(c3ccccc3)c3cccc(-n4c5ccccc5c5c(-n6c7ccccc7c7ccc(C8CCCCC8)cc76)cccc54)c3)c2)cc1. The van der Waals surface area contributed by atoms with Crippen LogP contribution in [-0.4, -0.2) is 17.2 Å². The minimum absolute atomic E-state index is 0.618. The number of para-hydroxylation sites is 2. The second kappa shape index (κ2) is 17.3.